The number of ether oxygens (including phenoxy) is 1. The van der Waals surface area contributed by atoms with Gasteiger partial charge in [-0.3, -0.25) is 0 Å². The smallest absolute Gasteiger partial charge is 0.213 e. The van der Waals surface area contributed by atoms with Crippen LogP contribution in [0.5, 0.6) is 5.88 Å². The standard InChI is InChI=1S/C20H33N3O/c1-17-3-9-21-20(15-17)24-14-8-18-6-12-23(13-7-18)16-19-4-10-22(2)11-5-19/h3,9,15,18-19H,4-8,10-14,16H2,1-2H3. The van der Waals surface area contributed by atoms with Crippen LogP contribution < -0.4 is 4.74 Å². The van der Waals surface area contributed by atoms with E-state index in [-0.39, 0.29) is 0 Å². The number of rotatable bonds is 6. The maximum absolute atomic E-state index is 5.82. The van der Waals surface area contributed by atoms with Crippen molar-refractivity contribution >= 4 is 0 Å². The van der Waals surface area contributed by atoms with Gasteiger partial charge in [0.1, 0.15) is 0 Å². The molecule has 2 aliphatic heterocycles. The predicted octanol–water partition coefficient (Wildman–Crippen LogP) is 3.21. The first-order valence-electron chi connectivity index (χ1n) is 9.65. The molecule has 0 spiro atoms. The van der Waals surface area contributed by atoms with Crippen molar-refractivity contribution < 1.29 is 4.74 Å². The molecule has 0 aromatic carbocycles. The Labute approximate surface area is 147 Å². The van der Waals surface area contributed by atoms with Crippen molar-refractivity contribution in [3.05, 3.63) is 23.9 Å². The maximum atomic E-state index is 5.82. The van der Waals surface area contributed by atoms with E-state index < -0.39 is 0 Å². The third-order valence-electron chi connectivity index (χ3n) is 5.73. The lowest BCUT2D eigenvalue weighted by molar-refractivity contribution is 0.119. The Morgan fingerprint density at radius 3 is 2.50 bits per heavy atom. The van der Waals surface area contributed by atoms with Crippen LogP contribution >= 0.6 is 0 Å². The zero-order chi connectivity index (χ0) is 16.8. The molecule has 0 N–H and O–H groups in total. The van der Waals surface area contributed by atoms with E-state index >= 15 is 0 Å². The van der Waals surface area contributed by atoms with E-state index in [1.165, 1.54) is 64.0 Å². The summed E-state index contributed by atoms with van der Waals surface area (Å²) < 4.78 is 5.82. The molecule has 24 heavy (non-hydrogen) atoms. The minimum absolute atomic E-state index is 0.773. The molecule has 0 saturated carbocycles. The molecule has 3 rings (SSSR count). The molecule has 0 bridgehead atoms. The molecule has 0 radical (unpaired) electrons. The predicted molar refractivity (Wildman–Crippen MR) is 98.5 cm³/mol. The third kappa shape index (κ3) is 5.45. The average molecular weight is 332 g/mol. The molecule has 4 heteroatoms. The summed E-state index contributed by atoms with van der Waals surface area (Å²) >= 11 is 0. The maximum Gasteiger partial charge on any atom is 0.213 e. The summed E-state index contributed by atoms with van der Waals surface area (Å²) in [4.78, 5) is 9.44. The highest BCUT2D eigenvalue weighted by molar-refractivity contribution is 5.18. The topological polar surface area (TPSA) is 28.6 Å². The van der Waals surface area contributed by atoms with Crippen LogP contribution in [0.2, 0.25) is 0 Å². The molecule has 4 nitrogen and oxygen atoms in total. The van der Waals surface area contributed by atoms with Crippen molar-refractivity contribution in [1.82, 2.24) is 14.8 Å². The Morgan fingerprint density at radius 2 is 1.79 bits per heavy atom. The van der Waals surface area contributed by atoms with E-state index in [0.717, 1.165) is 30.7 Å². The average Bonchev–Trinajstić information content (AvgIpc) is 2.59. The van der Waals surface area contributed by atoms with Crippen LogP contribution in [-0.2, 0) is 0 Å². The minimum Gasteiger partial charge on any atom is -0.478 e. The molecular weight excluding hydrogens is 298 g/mol. The number of nitrogens with zero attached hydrogens (tertiary/aromatic N) is 3. The highest BCUT2D eigenvalue weighted by atomic mass is 16.5. The fraction of sp³-hybridized carbons (Fsp3) is 0.750. The molecule has 2 fully saturated rings. The Balaban J connectivity index is 1.30. The second kappa shape index (κ2) is 8.82. The zero-order valence-corrected chi connectivity index (χ0v) is 15.4. The van der Waals surface area contributed by atoms with Crippen LogP contribution in [0.15, 0.2) is 18.3 Å². The Kier molecular flexibility index (Phi) is 6.50. The van der Waals surface area contributed by atoms with Crippen LogP contribution in [-0.4, -0.2) is 61.2 Å². The molecule has 0 atom stereocenters. The number of pyridine rings is 1. The number of hydrogen-bond donors (Lipinski definition) is 0. The second-order valence-corrected chi connectivity index (χ2v) is 7.80. The molecule has 2 aliphatic rings. The van der Waals surface area contributed by atoms with Gasteiger partial charge in [-0.25, -0.2) is 4.98 Å². The van der Waals surface area contributed by atoms with Gasteiger partial charge in [-0.15, -0.1) is 0 Å². The van der Waals surface area contributed by atoms with Crippen LogP contribution in [0.25, 0.3) is 0 Å². The summed E-state index contributed by atoms with van der Waals surface area (Å²) in [6.45, 7) is 9.32. The van der Waals surface area contributed by atoms with Crippen molar-refractivity contribution in [2.24, 2.45) is 11.8 Å². The molecule has 0 amide bonds. The van der Waals surface area contributed by atoms with Gasteiger partial charge < -0.3 is 14.5 Å². The zero-order valence-electron chi connectivity index (χ0n) is 15.4. The first-order chi connectivity index (χ1) is 11.7. The van der Waals surface area contributed by atoms with Gasteiger partial charge in [-0.1, -0.05) is 0 Å². The molecule has 0 aliphatic carbocycles. The summed E-state index contributed by atoms with van der Waals surface area (Å²) in [7, 11) is 2.25. The number of hydrogen-bond acceptors (Lipinski definition) is 4. The van der Waals surface area contributed by atoms with E-state index in [1.54, 1.807) is 0 Å². The molecule has 134 valence electrons. The van der Waals surface area contributed by atoms with E-state index in [9.17, 15) is 0 Å². The number of piperidine rings is 2. The summed E-state index contributed by atoms with van der Waals surface area (Å²) in [5.74, 6) is 2.52. The lowest BCUT2D eigenvalue weighted by Gasteiger charge is -2.36. The summed E-state index contributed by atoms with van der Waals surface area (Å²) in [5.41, 5.74) is 1.21. The van der Waals surface area contributed by atoms with Crippen LogP contribution in [0.3, 0.4) is 0 Å². The quantitative estimate of drug-likeness (QED) is 0.800. The molecule has 2 saturated heterocycles. The largest absolute Gasteiger partial charge is 0.478 e. The Bertz CT molecular complexity index is 491. The number of aromatic nitrogens is 1. The first-order valence-corrected chi connectivity index (χ1v) is 9.65. The van der Waals surface area contributed by atoms with Gasteiger partial charge in [0, 0.05) is 18.8 Å². The Morgan fingerprint density at radius 1 is 1.08 bits per heavy atom. The first kappa shape index (κ1) is 17.7. The van der Waals surface area contributed by atoms with Crippen molar-refractivity contribution in [3.63, 3.8) is 0 Å². The highest BCUT2D eigenvalue weighted by Crippen LogP contribution is 2.24. The van der Waals surface area contributed by atoms with Gasteiger partial charge in [0.15, 0.2) is 0 Å². The van der Waals surface area contributed by atoms with E-state index in [4.69, 9.17) is 4.74 Å². The van der Waals surface area contributed by atoms with Gasteiger partial charge in [0.25, 0.3) is 0 Å². The van der Waals surface area contributed by atoms with Crippen molar-refractivity contribution in [2.75, 3.05) is 46.4 Å². The Hall–Kier alpha value is -1.13. The van der Waals surface area contributed by atoms with Gasteiger partial charge in [-0.2, -0.15) is 0 Å². The van der Waals surface area contributed by atoms with Gasteiger partial charge in [-0.05, 0) is 95.7 Å². The summed E-state index contributed by atoms with van der Waals surface area (Å²) in [6, 6.07) is 4.02. The number of likely N-dealkylation sites (tertiary alicyclic amines) is 2. The van der Waals surface area contributed by atoms with Crippen LogP contribution in [0.1, 0.15) is 37.7 Å². The van der Waals surface area contributed by atoms with Gasteiger partial charge in [0.05, 0.1) is 6.61 Å². The fourth-order valence-electron chi connectivity index (χ4n) is 3.99. The SMILES string of the molecule is Cc1ccnc(OCCC2CCN(CC3CCN(C)CC3)CC2)c1. The molecule has 0 unspecified atom stereocenters. The second-order valence-electron chi connectivity index (χ2n) is 7.80. The molecule has 1 aromatic rings. The molecular formula is C20H33N3O. The normalized spacial score (nSPS) is 21.9. The van der Waals surface area contributed by atoms with Crippen molar-refractivity contribution in [2.45, 2.75) is 39.0 Å². The monoisotopic (exact) mass is 331 g/mol. The fourth-order valence-corrected chi connectivity index (χ4v) is 3.99. The third-order valence-corrected chi connectivity index (χ3v) is 5.73. The lowest BCUT2D eigenvalue weighted by atomic mass is 9.91. The van der Waals surface area contributed by atoms with Gasteiger partial charge >= 0.3 is 0 Å². The molecule has 3 heterocycles. The minimum atomic E-state index is 0.773. The van der Waals surface area contributed by atoms with E-state index in [1.807, 2.05) is 18.3 Å². The van der Waals surface area contributed by atoms with Crippen molar-refractivity contribution in [3.8, 4) is 5.88 Å². The highest BCUT2D eigenvalue weighted by Gasteiger charge is 2.23. The summed E-state index contributed by atoms with van der Waals surface area (Å²) in [5, 5.41) is 0. The van der Waals surface area contributed by atoms with Crippen molar-refractivity contribution in [1.29, 1.82) is 0 Å². The number of aryl methyl sites for hydroxylation is 1. The van der Waals surface area contributed by atoms with E-state index in [2.05, 4.69) is 28.8 Å². The summed E-state index contributed by atoms with van der Waals surface area (Å²) in [6.07, 6.45) is 8.42. The lowest BCUT2D eigenvalue weighted by Crippen LogP contribution is -2.40. The van der Waals surface area contributed by atoms with Crippen LogP contribution in [0.4, 0.5) is 0 Å². The van der Waals surface area contributed by atoms with E-state index in [0.29, 0.717) is 0 Å². The van der Waals surface area contributed by atoms with Gasteiger partial charge in [0.2, 0.25) is 5.88 Å². The molecule has 1 aromatic heterocycles. The van der Waals surface area contributed by atoms with Crippen LogP contribution in [0, 0.1) is 18.8 Å².